The van der Waals surface area contributed by atoms with Gasteiger partial charge in [-0.15, -0.1) is 0 Å². The minimum Gasteiger partial charge on any atom is -0.488 e. The summed E-state index contributed by atoms with van der Waals surface area (Å²) in [6.07, 6.45) is 2.11. The van der Waals surface area contributed by atoms with Crippen LogP contribution in [0.25, 0.3) is 0 Å². The monoisotopic (exact) mass is 253 g/mol. The van der Waals surface area contributed by atoms with Crippen molar-refractivity contribution in [3.8, 4) is 5.75 Å². The summed E-state index contributed by atoms with van der Waals surface area (Å²) in [4.78, 5) is 0. The van der Waals surface area contributed by atoms with Crippen LogP contribution in [-0.2, 0) is 11.3 Å². The second kappa shape index (κ2) is 6.71. The highest BCUT2D eigenvalue weighted by Gasteiger charge is 2.17. The number of hydrogen-bond donors (Lipinski definition) is 1. The van der Waals surface area contributed by atoms with Gasteiger partial charge in [0, 0.05) is 18.7 Å². The molecular formula is C14H20FNO2. The first-order valence-electron chi connectivity index (χ1n) is 6.53. The van der Waals surface area contributed by atoms with Crippen molar-refractivity contribution in [3.05, 3.63) is 29.6 Å². The lowest BCUT2D eigenvalue weighted by molar-refractivity contribution is 0.00697. The van der Waals surface area contributed by atoms with Gasteiger partial charge in [-0.25, -0.2) is 4.39 Å². The van der Waals surface area contributed by atoms with Crippen LogP contribution in [0.1, 0.15) is 25.3 Å². The molecule has 1 aromatic carbocycles. The Balaban J connectivity index is 2.04. The Morgan fingerprint density at radius 2 is 2.39 bits per heavy atom. The van der Waals surface area contributed by atoms with Gasteiger partial charge >= 0.3 is 0 Å². The molecule has 100 valence electrons. The Bertz CT molecular complexity index is 378. The minimum atomic E-state index is -0.227. The summed E-state index contributed by atoms with van der Waals surface area (Å²) in [6.45, 7) is 4.93. The number of ether oxygens (including phenoxy) is 2. The van der Waals surface area contributed by atoms with Gasteiger partial charge in [0.05, 0.1) is 6.61 Å². The summed E-state index contributed by atoms with van der Waals surface area (Å²) in [7, 11) is 0. The molecule has 1 unspecified atom stereocenters. The number of hydrogen-bond acceptors (Lipinski definition) is 3. The molecule has 18 heavy (non-hydrogen) atoms. The van der Waals surface area contributed by atoms with Gasteiger partial charge < -0.3 is 14.8 Å². The van der Waals surface area contributed by atoms with Gasteiger partial charge in [0.2, 0.25) is 0 Å². The molecule has 1 heterocycles. The molecule has 1 N–H and O–H groups in total. The largest absolute Gasteiger partial charge is 0.488 e. The fraction of sp³-hybridized carbons (Fsp3) is 0.571. The molecule has 1 saturated heterocycles. The molecule has 0 aromatic heterocycles. The maximum absolute atomic E-state index is 13.2. The first-order chi connectivity index (χ1) is 8.79. The van der Waals surface area contributed by atoms with Crippen molar-refractivity contribution in [3.63, 3.8) is 0 Å². The standard InChI is InChI=1S/C14H20FNO2/c1-2-16-9-11-8-12(15)5-6-14(11)18-13-4-3-7-17-10-13/h5-6,8,13,16H,2-4,7,9-10H2,1H3. The maximum atomic E-state index is 13.2. The molecule has 1 aliphatic rings. The third-order valence-electron chi connectivity index (χ3n) is 3.00. The summed E-state index contributed by atoms with van der Waals surface area (Å²) in [5, 5.41) is 3.19. The molecule has 0 saturated carbocycles. The van der Waals surface area contributed by atoms with Crippen LogP contribution in [0.4, 0.5) is 4.39 Å². The van der Waals surface area contributed by atoms with Gasteiger partial charge in [0.15, 0.2) is 0 Å². The third kappa shape index (κ3) is 3.68. The van der Waals surface area contributed by atoms with Crippen molar-refractivity contribution >= 4 is 0 Å². The van der Waals surface area contributed by atoms with Crippen molar-refractivity contribution in [2.45, 2.75) is 32.4 Å². The van der Waals surface area contributed by atoms with Gasteiger partial charge in [-0.1, -0.05) is 6.92 Å². The summed E-state index contributed by atoms with van der Waals surface area (Å²) in [5.41, 5.74) is 0.863. The lowest BCUT2D eigenvalue weighted by Gasteiger charge is -2.24. The molecule has 1 aromatic rings. The highest BCUT2D eigenvalue weighted by Crippen LogP contribution is 2.23. The van der Waals surface area contributed by atoms with E-state index in [-0.39, 0.29) is 11.9 Å². The zero-order chi connectivity index (χ0) is 12.8. The average molecular weight is 253 g/mol. The normalized spacial score (nSPS) is 19.8. The molecule has 0 spiro atoms. The molecule has 4 heteroatoms. The predicted molar refractivity (Wildman–Crippen MR) is 68.2 cm³/mol. The van der Waals surface area contributed by atoms with E-state index in [1.54, 1.807) is 6.07 Å². The summed E-state index contributed by atoms with van der Waals surface area (Å²) in [6, 6.07) is 4.67. The number of benzene rings is 1. The van der Waals surface area contributed by atoms with E-state index >= 15 is 0 Å². The van der Waals surface area contributed by atoms with Crippen LogP contribution in [0.5, 0.6) is 5.75 Å². The molecule has 0 amide bonds. The van der Waals surface area contributed by atoms with Crippen LogP contribution in [0.15, 0.2) is 18.2 Å². The molecule has 0 aliphatic carbocycles. The molecule has 0 bridgehead atoms. The van der Waals surface area contributed by atoms with Crippen LogP contribution in [0.3, 0.4) is 0 Å². The van der Waals surface area contributed by atoms with Gasteiger partial charge in [0.1, 0.15) is 17.7 Å². The minimum absolute atomic E-state index is 0.0876. The predicted octanol–water partition coefficient (Wildman–Crippen LogP) is 2.49. The average Bonchev–Trinajstić information content (AvgIpc) is 2.40. The highest BCUT2D eigenvalue weighted by atomic mass is 19.1. The fourth-order valence-corrected chi connectivity index (χ4v) is 2.04. The van der Waals surface area contributed by atoms with Crippen LogP contribution in [0, 0.1) is 5.82 Å². The van der Waals surface area contributed by atoms with Crippen LogP contribution in [0.2, 0.25) is 0 Å². The second-order valence-corrected chi connectivity index (χ2v) is 4.49. The number of nitrogens with one attached hydrogen (secondary N) is 1. The Morgan fingerprint density at radius 3 is 3.11 bits per heavy atom. The Kier molecular flexibility index (Phi) is 4.96. The van der Waals surface area contributed by atoms with E-state index in [0.717, 1.165) is 37.3 Å². The SMILES string of the molecule is CCNCc1cc(F)ccc1OC1CCCOC1. The van der Waals surface area contributed by atoms with E-state index in [2.05, 4.69) is 5.32 Å². The van der Waals surface area contributed by atoms with Crippen LogP contribution >= 0.6 is 0 Å². The van der Waals surface area contributed by atoms with E-state index in [1.165, 1.54) is 12.1 Å². The second-order valence-electron chi connectivity index (χ2n) is 4.49. The first kappa shape index (κ1) is 13.3. The zero-order valence-electron chi connectivity index (χ0n) is 10.7. The highest BCUT2D eigenvalue weighted by molar-refractivity contribution is 5.34. The van der Waals surface area contributed by atoms with Gasteiger partial charge in [-0.05, 0) is 37.6 Å². The Hall–Kier alpha value is -1.13. The lowest BCUT2D eigenvalue weighted by atomic mass is 10.1. The summed E-state index contributed by atoms with van der Waals surface area (Å²) >= 11 is 0. The third-order valence-corrected chi connectivity index (χ3v) is 3.00. The van der Waals surface area contributed by atoms with E-state index in [1.807, 2.05) is 6.92 Å². The van der Waals surface area contributed by atoms with Crippen LogP contribution in [-0.4, -0.2) is 25.9 Å². The first-order valence-corrected chi connectivity index (χ1v) is 6.53. The Labute approximate surface area is 107 Å². The maximum Gasteiger partial charge on any atom is 0.124 e. The summed E-state index contributed by atoms with van der Waals surface area (Å²) in [5.74, 6) is 0.531. The van der Waals surface area contributed by atoms with Crippen molar-refractivity contribution < 1.29 is 13.9 Å². The molecule has 3 nitrogen and oxygen atoms in total. The lowest BCUT2D eigenvalue weighted by Crippen LogP contribution is -2.28. The van der Waals surface area contributed by atoms with Gasteiger partial charge in [0.25, 0.3) is 0 Å². The zero-order valence-corrected chi connectivity index (χ0v) is 10.7. The molecule has 1 aliphatic heterocycles. The molecule has 2 rings (SSSR count). The Morgan fingerprint density at radius 1 is 1.50 bits per heavy atom. The smallest absolute Gasteiger partial charge is 0.124 e. The quantitative estimate of drug-likeness (QED) is 0.874. The van der Waals surface area contributed by atoms with Crippen molar-refractivity contribution in [1.29, 1.82) is 0 Å². The van der Waals surface area contributed by atoms with Gasteiger partial charge in [-0.2, -0.15) is 0 Å². The van der Waals surface area contributed by atoms with E-state index in [0.29, 0.717) is 13.2 Å². The van der Waals surface area contributed by atoms with Crippen LogP contribution < -0.4 is 10.1 Å². The van der Waals surface area contributed by atoms with Crippen molar-refractivity contribution in [2.24, 2.45) is 0 Å². The number of rotatable bonds is 5. The molecular weight excluding hydrogens is 233 g/mol. The van der Waals surface area contributed by atoms with E-state index in [9.17, 15) is 4.39 Å². The summed E-state index contributed by atoms with van der Waals surface area (Å²) < 4.78 is 24.5. The van der Waals surface area contributed by atoms with E-state index in [4.69, 9.17) is 9.47 Å². The number of halogens is 1. The topological polar surface area (TPSA) is 30.5 Å². The fourth-order valence-electron chi connectivity index (χ4n) is 2.04. The van der Waals surface area contributed by atoms with Crippen molar-refractivity contribution in [1.82, 2.24) is 5.32 Å². The molecule has 1 fully saturated rings. The molecule has 1 atom stereocenters. The van der Waals surface area contributed by atoms with Gasteiger partial charge in [-0.3, -0.25) is 0 Å². The van der Waals surface area contributed by atoms with Crippen molar-refractivity contribution in [2.75, 3.05) is 19.8 Å². The molecule has 0 radical (unpaired) electrons. The van der Waals surface area contributed by atoms with E-state index < -0.39 is 0 Å².